The van der Waals surface area contributed by atoms with Gasteiger partial charge in [0.2, 0.25) is 0 Å². The molecule has 1 rings (SSSR count). The van der Waals surface area contributed by atoms with Gasteiger partial charge in [-0.15, -0.1) is 0 Å². The van der Waals surface area contributed by atoms with Crippen LogP contribution >= 0.6 is 11.6 Å². The molecule has 1 aromatic carbocycles. The number of methoxy groups -OCH3 is 1. The average Bonchev–Trinajstić information content (AvgIpc) is 2.27. The molecule has 0 aromatic heterocycles. The Hall–Kier alpha value is -0.930. The first-order valence-electron chi connectivity index (χ1n) is 5.17. The minimum absolute atomic E-state index is 0.143. The Kier molecular flexibility index (Phi) is 4.44. The third-order valence-corrected chi connectivity index (χ3v) is 2.65. The van der Waals surface area contributed by atoms with E-state index in [1.165, 1.54) is 0 Å². The molecule has 0 radical (unpaired) electrons. The first-order valence-corrected chi connectivity index (χ1v) is 5.54. The van der Waals surface area contributed by atoms with E-state index in [-0.39, 0.29) is 12.0 Å². The molecule has 1 aromatic rings. The zero-order chi connectivity index (χ0) is 12.2. The number of anilines is 1. The molecule has 0 amide bonds. The second-order valence-corrected chi connectivity index (χ2v) is 4.93. The van der Waals surface area contributed by atoms with Crippen LogP contribution in [-0.4, -0.2) is 25.4 Å². The summed E-state index contributed by atoms with van der Waals surface area (Å²) >= 11 is 6.00. The van der Waals surface area contributed by atoms with Gasteiger partial charge in [0, 0.05) is 24.3 Å². The average molecular weight is 244 g/mol. The molecule has 4 heteroatoms. The summed E-state index contributed by atoms with van der Waals surface area (Å²) < 4.78 is 5.07. The number of aliphatic hydroxyl groups is 1. The van der Waals surface area contributed by atoms with Crippen LogP contribution in [0, 0.1) is 5.41 Å². The fourth-order valence-corrected chi connectivity index (χ4v) is 1.43. The second-order valence-electron chi connectivity index (χ2n) is 4.53. The maximum absolute atomic E-state index is 9.12. The predicted molar refractivity (Wildman–Crippen MR) is 67.4 cm³/mol. The van der Waals surface area contributed by atoms with Gasteiger partial charge in [0.25, 0.3) is 0 Å². The van der Waals surface area contributed by atoms with Crippen LogP contribution in [0.5, 0.6) is 5.75 Å². The van der Waals surface area contributed by atoms with E-state index in [9.17, 15) is 0 Å². The van der Waals surface area contributed by atoms with Crippen molar-refractivity contribution in [3.8, 4) is 5.75 Å². The summed E-state index contributed by atoms with van der Waals surface area (Å²) in [6, 6.07) is 5.53. The molecule has 0 fully saturated rings. The molecule has 0 heterocycles. The number of ether oxygens (including phenoxy) is 1. The van der Waals surface area contributed by atoms with Crippen LogP contribution in [0.15, 0.2) is 18.2 Å². The number of rotatable bonds is 5. The molecule has 0 bridgehead atoms. The quantitative estimate of drug-likeness (QED) is 0.836. The highest BCUT2D eigenvalue weighted by atomic mass is 35.5. The summed E-state index contributed by atoms with van der Waals surface area (Å²) in [7, 11) is 1.59. The molecule has 2 N–H and O–H groups in total. The molecular weight excluding hydrogens is 226 g/mol. The Balaban J connectivity index is 2.65. The van der Waals surface area contributed by atoms with Crippen LogP contribution in [-0.2, 0) is 0 Å². The van der Waals surface area contributed by atoms with Gasteiger partial charge in [0.1, 0.15) is 5.75 Å². The molecule has 0 aliphatic rings. The molecular formula is C12H18ClNO2. The Morgan fingerprint density at radius 3 is 2.62 bits per heavy atom. The summed E-state index contributed by atoms with van der Waals surface area (Å²) in [6.45, 7) is 4.81. The maximum atomic E-state index is 9.12. The number of halogens is 1. The van der Waals surface area contributed by atoms with Crippen molar-refractivity contribution >= 4 is 17.3 Å². The Labute approximate surface area is 101 Å². The second kappa shape index (κ2) is 5.41. The van der Waals surface area contributed by atoms with E-state index in [2.05, 4.69) is 5.32 Å². The number of benzene rings is 1. The van der Waals surface area contributed by atoms with Gasteiger partial charge >= 0.3 is 0 Å². The van der Waals surface area contributed by atoms with Crippen molar-refractivity contribution in [2.45, 2.75) is 13.8 Å². The van der Waals surface area contributed by atoms with E-state index in [1.807, 2.05) is 32.0 Å². The van der Waals surface area contributed by atoms with Crippen molar-refractivity contribution in [1.29, 1.82) is 0 Å². The van der Waals surface area contributed by atoms with Crippen molar-refractivity contribution in [3.63, 3.8) is 0 Å². The summed E-state index contributed by atoms with van der Waals surface area (Å²) in [4.78, 5) is 0. The van der Waals surface area contributed by atoms with E-state index in [0.29, 0.717) is 17.3 Å². The standard InChI is InChI=1S/C12H18ClNO2/c1-12(2,8-15)7-14-9-4-5-11(16-3)10(13)6-9/h4-6,14-15H,7-8H2,1-3H3. The van der Waals surface area contributed by atoms with Crippen LogP contribution in [0.2, 0.25) is 5.02 Å². The Bertz CT molecular complexity index is 353. The van der Waals surface area contributed by atoms with Gasteiger partial charge in [0.05, 0.1) is 12.1 Å². The minimum Gasteiger partial charge on any atom is -0.495 e. The first-order chi connectivity index (χ1) is 7.48. The van der Waals surface area contributed by atoms with Crippen LogP contribution in [0.25, 0.3) is 0 Å². The Morgan fingerprint density at radius 2 is 2.12 bits per heavy atom. The lowest BCUT2D eigenvalue weighted by Gasteiger charge is -2.22. The molecule has 3 nitrogen and oxygen atoms in total. The summed E-state index contributed by atoms with van der Waals surface area (Å²) in [5.74, 6) is 0.661. The highest BCUT2D eigenvalue weighted by molar-refractivity contribution is 6.32. The fourth-order valence-electron chi connectivity index (χ4n) is 1.17. The highest BCUT2D eigenvalue weighted by Gasteiger charge is 2.15. The van der Waals surface area contributed by atoms with Crippen molar-refractivity contribution in [3.05, 3.63) is 23.2 Å². The van der Waals surface area contributed by atoms with Gasteiger partial charge in [-0.25, -0.2) is 0 Å². The zero-order valence-corrected chi connectivity index (χ0v) is 10.6. The maximum Gasteiger partial charge on any atom is 0.137 e. The summed E-state index contributed by atoms with van der Waals surface area (Å²) in [5, 5.41) is 12.9. The van der Waals surface area contributed by atoms with Crippen LogP contribution in [0.1, 0.15) is 13.8 Å². The van der Waals surface area contributed by atoms with E-state index in [0.717, 1.165) is 5.69 Å². The third kappa shape index (κ3) is 3.58. The zero-order valence-electron chi connectivity index (χ0n) is 9.88. The monoisotopic (exact) mass is 243 g/mol. The SMILES string of the molecule is COc1ccc(NCC(C)(C)CO)cc1Cl. The topological polar surface area (TPSA) is 41.5 Å². The fraction of sp³-hybridized carbons (Fsp3) is 0.500. The molecule has 90 valence electrons. The number of hydrogen-bond donors (Lipinski definition) is 2. The number of aliphatic hydroxyl groups excluding tert-OH is 1. The van der Waals surface area contributed by atoms with Crippen LogP contribution in [0.4, 0.5) is 5.69 Å². The minimum atomic E-state index is -0.146. The van der Waals surface area contributed by atoms with Gasteiger partial charge < -0.3 is 15.2 Å². The van der Waals surface area contributed by atoms with E-state index in [4.69, 9.17) is 21.4 Å². The first kappa shape index (κ1) is 13.1. The van der Waals surface area contributed by atoms with Gasteiger partial charge in [-0.3, -0.25) is 0 Å². The largest absolute Gasteiger partial charge is 0.495 e. The lowest BCUT2D eigenvalue weighted by Crippen LogP contribution is -2.26. The van der Waals surface area contributed by atoms with Crippen molar-refractivity contribution in [2.24, 2.45) is 5.41 Å². The number of nitrogens with one attached hydrogen (secondary N) is 1. The highest BCUT2D eigenvalue weighted by Crippen LogP contribution is 2.27. The molecule has 0 unspecified atom stereocenters. The van der Waals surface area contributed by atoms with Gasteiger partial charge in [-0.2, -0.15) is 0 Å². The van der Waals surface area contributed by atoms with Crippen LogP contribution in [0.3, 0.4) is 0 Å². The molecule has 0 atom stereocenters. The molecule has 16 heavy (non-hydrogen) atoms. The summed E-state index contributed by atoms with van der Waals surface area (Å²) in [5.41, 5.74) is 0.777. The molecule has 0 saturated heterocycles. The van der Waals surface area contributed by atoms with E-state index >= 15 is 0 Å². The lowest BCUT2D eigenvalue weighted by molar-refractivity contribution is 0.171. The molecule has 0 saturated carbocycles. The lowest BCUT2D eigenvalue weighted by atomic mass is 9.95. The van der Waals surface area contributed by atoms with Crippen LogP contribution < -0.4 is 10.1 Å². The van der Waals surface area contributed by atoms with E-state index in [1.54, 1.807) is 7.11 Å². The van der Waals surface area contributed by atoms with Gasteiger partial charge in [-0.05, 0) is 18.2 Å². The van der Waals surface area contributed by atoms with Gasteiger partial charge in [0.15, 0.2) is 0 Å². The smallest absolute Gasteiger partial charge is 0.137 e. The van der Waals surface area contributed by atoms with Crippen molar-refractivity contribution in [1.82, 2.24) is 0 Å². The Morgan fingerprint density at radius 1 is 1.44 bits per heavy atom. The normalized spacial score (nSPS) is 11.3. The molecule has 0 spiro atoms. The number of hydrogen-bond acceptors (Lipinski definition) is 3. The van der Waals surface area contributed by atoms with Gasteiger partial charge in [-0.1, -0.05) is 25.4 Å². The molecule has 0 aliphatic heterocycles. The predicted octanol–water partition coefficient (Wildman–Crippen LogP) is 2.78. The third-order valence-electron chi connectivity index (χ3n) is 2.35. The van der Waals surface area contributed by atoms with Crippen molar-refractivity contribution in [2.75, 3.05) is 25.6 Å². The molecule has 0 aliphatic carbocycles. The summed E-state index contributed by atoms with van der Waals surface area (Å²) in [6.07, 6.45) is 0. The van der Waals surface area contributed by atoms with Crippen molar-refractivity contribution < 1.29 is 9.84 Å². The van der Waals surface area contributed by atoms with E-state index < -0.39 is 0 Å².